The lowest BCUT2D eigenvalue weighted by Crippen LogP contribution is -2.35. The largest absolute Gasteiger partial charge is 0.283 e. The van der Waals surface area contributed by atoms with Gasteiger partial charge in [-0.1, -0.05) is 12.0 Å². The van der Waals surface area contributed by atoms with E-state index in [1.807, 2.05) is 0 Å². The van der Waals surface area contributed by atoms with Crippen LogP contribution >= 0.6 is 0 Å². The molecule has 0 aromatic heterocycles. The van der Waals surface area contributed by atoms with Gasteiger partial charge in [0.15, 0.2) is 0 Å². The van der Waals surface area contributed by atoms with Crippen molar-refractivity contribution in [1.29, 1.82) is 0 Å². The highest BCUT2D eigenvalue weighted by Crippen LogP contribution is 2.34. The normalized spacial score (nSPS) is 14.3. The molecule has 2 aromatic carbocycles. The maximum Gasteiger partial charge on any atom is 0.264 e. The molecule has 0 spiro atoms. The van der Waals surface area contributed by atoms with E-state index in [0.29, 0.717) is 18.5 Å². The molecule has 0 saturated heterocycles. The van der Waals surface area contributed by atoms with Crippen molar-refractivity contribution in [3.05, 3.63) is 53.8 Å². The summed E-state index contributed by atoms with van der Waals surface area (Å²) >= 11 is 0. The molecule has 9 heteroatoms. The minimum Gasteiger partial charge on any atom is -0.283 e. The lowest BCUT2D eigenvalue weighted by Gasteiger charge is -2.31. The highest BCUT2D eigenvalue weighted by atomic mass is 32.2. The summed E-state index contributed by atoms with van der Waals surface area (Å²) in [5, 5.41) is 0. The van der Waals surface area contributed by atoms with Gasteiger partial charge in [-0.2, -0.15) is 0 Å². The number of nitrogens with one attached hydrogen (secondary N) is 1. The average molecular weight is 408 g/mol. The Morgan fingerprint density at radius 2 is 1.81 bits per heavy atom. The molecule has 0 amide bonds. The fourth-order valence-corrected chi connectivity index (χ4v) is 5.22. The Bertz CT molecular complexity index is 1110. The molecular weight excluding hydrogens is 391 g/mol. The Balaban J connectivity index is 2.01. The predicted octanol–water partition coefficient (Wildman–Crippen LogP) is 2.34. The molecule has 1 aliphatic heterocycles. The number of nitrogens with zero attached hydrogens (tertiary/aromatic N) is 1. The third-order valence-electron chi connectivity index (χ3n) is 4.11. The molecule has 27 heavy (non-hydrogen) atoms. The minimum absolute atomic E-state index is 0.0323. The lowest BCUT2D eigenvalue weighted by atomic mass is 10.0. The molecule has 0 radical (unpaired) electrons. The summed E-state index contributed by atoms with van der Waals surface area (Å²) in [5.74, 6) is 1.05. The number of rotatable bonds is 5. The van der Waals surface area contributed by atoms with Crippen LogP contribution in [0.3, 0.4) is 0 Å². The van der Waals surface area contributed by atoms with Crippen molar-refractivity contribution >= 4 is 31.4 Å². The molecule has 0 atom stereocenters. The van der Waals surface area contributed by atoms with Crippen molar-refractivity contribution in [2.45, 2.75) is 17.7 Å². The van der Waals surface area contributed by atoms with E-state index in [-0.39, 0.29) is 17.1 Å². The number of sulfonamides is 2. The smallest absolute Gasteiger partial charge is 0.264 e. The summed E-state index contributed by atoms with van der Waals surface area (Å²) < 4.78 is 66.5. The van der Waals surface area contributed by atoms with Gasteiger partial charge in [-0.3, -0.25) is 9.03 Å². The number of anilines is 2. The van der Waals surface area contributed by atoms with Crippen LogP contribution in [0.25, 0.3) is 0 Å². The first-order valence-electron chi connectivity index (χ1n) is 8.08. The van der Waals surface area contributed by atoms with Crippen LogP contribution in [0.15, 0.2) is 47.4 Å². The van der Waals surface area contributed by atoms with E-state index < -0.39 is 31.6 Å². The predicted molar refractivity (Wildman–Crippen MR) is 102 cm³/mol. The van der Waals surface area contributed by atoms with Crippen LogP contribution in [0.5, 0.6) is 0 Å². The summed E-state index contributed by atoms with van der Waals surface area (Å²) in [6.07, 6.45) is 6.34. The zero-order chi connectivity index (χ0) is 19.7. The molecule has 1 N–H and O–H groups in total. The molecule has 1 aliphatic rings. The SMILES string of the molecule is C#CCS(=O)(=O)Nc1ccc2c(c1)N(S(=O)(=O)c1ccc(F)cc1)CCC2. The Morgan fingerprint density at radius 3 is 2.48 bits per heavy atom. The molecule has 0 saturated carbocycles. The van der Waals surface area contributed by atoms with Crippen LogP contribution in [-0.2, 0) is 26.5 Å². The molecule has 6 nitrogen and oxygen atoms in total. The monoisotopic (exact) mass is 408 g/mol. The van der Waals surface area contributed by atoms with Crippen LogP contribution in [0, 0.1) is 18.2 Å². The van der Waals surface area contributed by atoms with E-state index >= 15 is 0 Å². The van der Waals surface area contributed by atoms with Crippen molar-refractivity contribution in [3.63, 3.8) is 0 Å². The fraction of sp³-hybridized carbons (Fsp3) is 0.222. The van der Waals surface area contributed by atoms with Crippen LogP contribution in [-0.4, -0.2) is 29.1 Å². The Hall–Kier alpha value is -2.57. The molecule has 0 aliphatic carbocycles. The fourth-order valence-electron chi connectivity index (χ4n) is 2.91. The lowest BCUT2D eigenvalue weighted by molar-refractivity contribution is 0.585. The van der Waals surface area contributed by atoms with E-state index in [1.165, 1.54) is 22.5 Å². The highest BCUT2D eigenvalue weighted by molar-refractivity contribution is 7.93. The summed E-state index contributed by atoms with van der Waals surface area (Å²) in [6.45, 7) is 0.243. The molecule has 2 aromatic rings. The average Bonchev–Trinajstić information content (AvgIpc) is 2.61. The van der Waals surface area contributed by atoms with Gasteiger partial charge in [0.25, 0.3) is 10.0 Å². The molecule has 0 fully saturated rings. The summed E-state index contributed by atoms with van der Waals surface area (Å²) in [4.78, 5) is -0.0323. The van der Waals surface area contributed by atoms with Gasteiger partial charge in [0.1, 0.15) is 11.6 Å². The van der Waals surface area contributed by atoms with Gasteiger partial charge in [0, 0.05) is 6.54 Å². The van der Waals surface area contributed by atoms with Crippen molar-refractivity contribution < 1.29 is 21.2 Å². The van der Waals surface area contributed by atoms with Gasteiger partial charge in [0.2, 0.25) is 10.0 Å². The van der Waals surface area contributed by atoms with Crippen molar-refractivity contribution in [2.75, 3.05) is 21.3 Å². The Labute approximate surface area is 158 Å². The van der Waals surface area contributed by atoms with E-state index in [2.05, 4.69) is 10.6 Å². The first-order valence-corrected chi connectivity index (χ1v) is 11.2. The second-order valence-electron chi connectivity index (χ2n) is 6.04. The summed E-state index contributed by atoms with van der Waals surface area (Å²) in [5.41, 5.74) is 1.41. The molecule has 3 rings (SSSR count). The maximum absolute atomic E-state index is 13.1. The molecular formula is C18H17FN2O4S2. The Kier molecular flexibility index (Phi) is 5.13. The van der Waals surface area contributed by atoms with Gasteiger partial charge >= 0.3 is 0 Å². The standard InChI is InChI=1S/C18H17FN2O4S2/c1-2-12-26(22,23)20-16-8-5-14-4-3-11-21(18(14)13-16)27(24,25)17-9-6-15(19)7-10-17/h1,5-10,13,20H,3-4,11-12H2. The maximum atomic E-state index is 13.1. The zero-order valence-electron chi connectivity index (χ0n) is 14.2. The second kappa shape index (κ2) is 7.21. The number of aryl methyl sites for hydroxylation is 1. The van der Waals surface area contributed by atoms with E-state index in [0.717, 1.165) is 17.7 Å². The van der Waals surface area contributed by atoms with E-state index in [1.54, 1.807) is 12.1 Å². The first-order chi connectivity index (χ1) is 12.7. The third kappa shape index (κ3) is 4.07. The van der Waals surface area contributed by atoms with Crippen LogP contribution < -0.4 is 9.03 Å². The second-order valence-corrected chi connectivity index (χ2v) is 9.63. The van der Waals surface area contributed by atoms with E-state index in [9.17, 15) is 21.2 Å². The van der Waals surface area contributed by atoms with E-state index in [4.69, 9.17) is 6.42 Å². The van der Waals surface area contributed by atoms with Gasteiger partial charge in [-0.05, 0) is 54.8 Å². The first kappa shape index (κ1) is 19.2. The molecule has 0 bridgehead atoms. The summed E-state index contributed by atoms with van der Waals surface area (Å²) in [6, 6.07) is 9.32. The number of benzene rings is 2. The zero-order valence-corrected chi connectivity index (χ0v) is 15.9. The quantitative estimate of drug-likeness (QED) is 0.770. The number of fused-ring (bicyclic) bond motifs is 1. The number of hydrogen-bond donors (Lipinski definition) is 1. The van der Waals surface area contributed by atoms with Gasteiger partial charge < -0.3 is 0 Å². The molecule has 0 unspecified atom stereocenters. The number of hydrogen-bond acceptors (Lipinski definition) is 4. The molecule has 1 heterocycles. The molecule has 142 valence electrons. The minimum atomic E-state index is -3.91. The number of halogens is 1. The van der Waals surface area contributed by atoms with Crippen molar-refractivity contribution in [3.8, 4) is 12.3 Å². The van der Waals surface area contributed by atoms with Crippen LogP contribution in [0.1, 0.15) is 12.0 Å². The van der Waals surface area contributed by atoms with Crippen molar-refractivity contribution in [1.82, 2.24) is 0 Å². The summed E-state index contributed by atoms with van der Waals surface area (Å²) in [7, 11) is -7.62. The van der Waals surface area contributed by atoms with Gasteiger partial charge in [0.05, 0.1) is 16.3 Å². The third-order valence-corrected chi connectivity index (χ3v) is 7.03. The van der Waals surface area contributed by atoms with Gasteiger partial charge in [-0.25, -0.2) is 21.2 Å². The van der Waals surface area contributed by atoms with Crippen LogP contribution in [0.2, 0.25) is 0 Å². The van der Waals surface area contributed by atoms with Gasteiger partial charge in [-0.15, -0.1) is 6.42 Å². The number of terminal acetylenes is 1. The Morgan fingerprint density at radius 1 is 1.11 bits per heavy atom. The topological polar surface area (TPSA) is 83.6 Å². The van der Waals surface area contributed by atoms with Crippen LogP contribution in [0.4, 0.5) is 15.8 Å². The highest BCUT2D eigenvalue weighted by Gasteiger charge is 2.29. The van der Waals surface area contributed by atoms with Crippen molar-refractivity contribution in [2.24, 2.45) is 0 Å².